The fourth-order valence-electron chi connectivity index (χ4n) is 2.21. The van der Waals surface area contributed by atoms with Gasteiger partial charge in [0.1, 0.15) is 11.3 Å². The van der Waals surface area contributed by atoms with Gasteiger partial charge in [-0.2, -0.15) is 0 Å². The van der Waals surface area contributed by atoms with Gasteiger partial charge in [0.15, 0.2) is 5.65 Å². The Morgan fingerprint density at radius 2 is 1.81 bits per heavy atom. The van der Waals surface area contributed by atoms with Crippen molar-refractivity contribution in [2.24, 2.45) is 0 Å². The summed E-state index contributed by atoms with van der Waals surface area (Å²) in [5.74, 6) is 0.725. The van der Waals surface area contributed by atoms with Gasteiger partial charge >= 0.3 is 0 Å². The zero-order valence-electron chi connectivity index (χ0n) is 11.4. The van der Waals surface area contributed by atoms with E-state index in [1.54, 1.807) is 12.1 Å². The average molecular weight is 341 g/mol. The van der Waals surface area contributed by atoms with E-state index in [-0.39, 0.29) is 5.38 Å². The van der Waals surface area contributed by atoms with Gasteiger partial charge in [-0.3, -0.25) is 4.57 Å². The molecule has 0 bridgehead atoms. The fourth-order valence-corrected chi connectivity index (χ4v) is 2.65. The highest BCUT2D eigenvalue weighted by Crippen LogP contribution is 2.30. The molecule has 0 saturated carbocycles. The van der Waals surface area contributed by atoms with E-state index in [1.807, 2.05) is 36.6 Å². The zero-order valence-corrected chi connectivity index (χ0v) is 13.7. The van der Waals surface area contributed by atoms with E-state index < -0.39 is 0 Å². The van der Waals surface area contributed by atoms with E-state index in [0.29, 0.717) is 10.0 Å². The van der Waals surface area contributed by atoms with Crippen LogP contribution in [0.1, 0.15) is 23.8 Å². The molecule has 0 fully saturated rings. The molecule has 3 nitrogen and oxygen atoms in total. The number of rotatable bonds is 2. The highest BCUT2D eigenvalue weighted by molar-refractivity contribution is 6.42. The molecule has 3 rings (SSSR count). The van der Waals surface area contributed by atoms with E-state index >= 15 is 0 Å². The van der Waals surface area contributed by atoms with E-state index in [0.717, 1.165) is 28.4 Å². The molecule has 0 amide bonds. The summed E-state index contributed by atoms with van der Waals surface area (Å²) in [5.41, 5.74) is 3.31. The van der Waals surface area contributed by atoms with Crippen molar-refractivity contribution in [1.29, 1.82) is 0 Å². The van der Waals surface area contributed by atoms with Crippen molar-refractivity contribution in [3.63, 3.8) is 0 Å². The maximum atomic E-state index is 6.27. The summed E-state index contributed by atoms with van der Waals surface area (Å²) in [6.45, 7) is 3.82. The summed E-state index contributed by atoms with van der Waals surface area (Å²) in [4.78, 5) is 9.15. The Bertz CT molecular complexity index is 824. The Balaban J connectivity index is 2.35. The Kier molecular flexibility index (Phi) is 3.82. The number of aromatic nitrogens is 3. The lowest BCUT2D eigenvalue weighted by Crippen LogP contribution is -2.03. The van der Waals surface area contributed by atoms with Gasteiger partial charge in [-0.05, 0) is 44.2 Å². The Hall–Kier alpha value is -1.29. The number of hydrogen-bond acceptors (Lipinski definition) is 2. The van der Waals surface area contributed by atoms with Crippen LogP contribution in [-0.2, 0) is 0 Å². The molecule has 21 heavy (non-hydrogen) atoms. The number of halogens is 3. The molecule has 0 aliphatic heterocycles. The minimum atomic E-state index is -0.256. The third-order valence-corrected chi connectivity index (χ3v) is 4.12. The maximum absolute atomic E-state index is 6.27. The maximum Gasteiger partial charge on any atom is 0.164 e. The predicted octanol–water partition coefficient (Wildman–Crippen LogP) is 5.34. The minimum Gasteiger partial charge on any atom is -0.279 e. The van der Waals surface area contributed by atoms with Gasteiger partial charge in [-0.1, -0.05) is 23.2 Å². The number of imidazole rings is 1. The van der Waals surface area contributed by atoms with Crippen molar-refractivity contribution in [3.05, 3.63) is 51.9 Å². The van der Waals surface area contributed by atoms with Gasteiger partial charge in [0, 0.05) is 5.69 Å². The van der Waals surface area contributed by atoms with Crippen molar-refractivity contribution in [2.45, 2.75) is 19.2 Å². The first-order chi connectivity index (χ1) is 9.97. The number of fused-ring (bicyclic) bond motifs is 1. The highest BCUT2D eigenvalue weighted by Gasteiger charge is 2.18. The molecule has 6 heteroatoms. The van der Waals surface area contributed by atoms with Crippen LogP contribution in [0.25, 0.3) is 16.9 Å². The molecule has 2 heterocycles. The molecule has 2 aromatic heterocycles. The third kappa shape index (κ3) is 2.61. The first-order valence-electron chi connectivity index (χ1n) is 6.43. The Morgan fingerprint density at radius 1 is 1.05 bits per heavy atom. The van der Waals surface area contributed by atoms with Crippen molar-refractivity contribution < 1.29 is 0 Å². The number of aryl methyl sites for hydroxylation is 1. The van der Waals surface area contributed by atoms with Gasteiger partial charge in [0.05, 0.1) is 21.1 Å². The zero-order chi connectivity index (χ0) is 15.1. The molecule has 0 N–H and O–H groups in total. The van der Waals surface area contributed by atoms with Crippen LogP contribution in [0.5, 0.6) is 0 Å². The van der Waals surface area contributed by atoms with Crippen molar-refractivity contribution in [2.75, 3.05) is 0 Å². The smallest absolute Gasteiger partial charge is 0.164 e. The van der Waals surface area contributed by atoms with E-state index in [2.05, 4.69) is 9.97 Å². The summed E-state index contributed by atoms with van der Waals surface area (Å²) < 4.78 is 1.92. The molecular weight excluding hydrogens is 329 g/mol. The van der Waals surface area contributed by atoms with Gasteiger partial charge in [0.25, 0.3) is 0 Å². The van der Waals surface area contributed by atoms with E-state index in [4.69, 9.17) is 34.8 Å². The standard InChI is InChI=1S/C15H12Cl3N3/c1-8-3-6-13-15(19-8)21(14(20-13)9(2)16)10-4-5-11(17)12(18)7-10/h3-7,9H,1-2H3. The topological polar surface area (TPSA) is 30.7 Å². The number of alkyl halides is 1. The summed E-state index contributed by atoms with van der Waals surface area (Å²) in [7, 11) is 0. The summed E-state index contributed by atoms with van der Waals surface area (Å²) >= 11 is 18.4. The van der Waals surface area contributed by atoms with Crippen LogP contribution in [-0.4, -0.2) is 14.5 Å². The number of pyridine rings is 1. The lowest BCUT2D eigenvalue weighted by Gasteiger charge is -2.11. The van der Waals surface area contributed by atoms with Gasteiger partial charge in [-0.15, -0.1) is 11.6 Å². The Labute approximate surface area is 137 Å². The van der Waals surface area contributed by atoms with Crippen LogP contribution in [0.2, 0.25) is 10.0 Å². The quantitative estimate of drug-likeness (QED) is 0.590. The second kappa shape index (κ2) is 5.48. The van der Waals surface area contributed by atoms with Crippen LogP contribution in [0, 0.1) is 6.92 Å². The average Bonchev–Trinajstić information content (AvgIpc) is 2.80. The van der Waals surface area contributed by atoms with Gasteiger partial charge in [-0.25, -0.2) is 9.97 Å². The molecule has 3 aromatic rings. The van der Waals surface area contributed by atoms with Crippen LogP contribution >= 0.6 is 34.8 Å². The molecule has 108 valence electrons. The van der Waals surface area contributed by atoms with Gasteiger partial charge in [0.2, 0.25) is 0 Å². The molecular formula is C15H12Cl3N3. The SMILES string of the molecule is Cc1ccc2nc(C(C)Cl)n(-c3ccc(Cl)c(Cl)c3)c2n1. The van der Waals surface area contributed by atoms with Crippen LogP contribution in [0.4, 0.5) is 0 Å². The first kappa shape index (κ1) is 14.6. The minimum absolute atomic E-state index is 0.256. The second-order valence-electron chi connectivity index (χ2n) is 4.82. The highest BCUT2D eigenvalue weighted by atomic mass is 35.5. The van der Waals surface area contributed by atoms with Crippen molar-refractivity contribution in [1.82, 2.24) is 14.5 Å². The monoisotopic (exact) mass is 339 g/mol. The molecule has 1 aromatic carbocycles. The van der Waals surface area contributed by atoms with Crippen LogP contribution in [0.15, 0.2) is 30.3 Å². The van der Waals surface area contributed by atoms with Gasteiger partial charge < -0.3 is 0 Å². The lowest BCUT2D eigenvalue weighted by atomic mass is 10.3. The number of hydrogen-bond donors (Lipinski definition) is 0. The molecule has 0 spiro atoms. The molecule has 0 radical (unpaired) electrons. The molecule has 1 atom stereocenters. The van der Waals surface area contributed by atoms with E-state index in [9.17, 15) is 0 Å². The number of benzene rings is 1. The van der Waals surface area contributed by atoms with Crippen molar-refractivity contribution in [3.8, 4) is 5.69 Å². The normalized spacial score (nSPS) is 12.8. The molecule has 0 aliphatic rings. The fraction of sp³-hybridized carbons (Fsp3) is 0.200. The number of nitrogens with zero attached hydrogens (tertiary/aromatic N) is 3. The summed E-state index contributed by atoms with van der Waals surface area (Å²) in [5, 5.41) is 0.736. The first-order valence-corrected chi connectivity index (χ1v) is 7.62. The van der Waals surface area contributed by atoms with Crippen LogP contribution in [0.3, 0.4) is 0 Å². The second-order valence-corrected chi connectivity index (χ2v) is 6.28. The third-order valence-electron chi connectivity index (χ3n) is 3.19. The molecule has 1 unspecified atom stereocenters. The van der Waals surface area contributed by atoms with Crippen molar-refractivity contribution >= 4 is 46.0 Å². The summed E-state index contributed by atoms with van der Waals surface area (Å²) in [6.07, 6.45) is 0. The summed E-state index contributed by atoms with van der Waals surface area (Å²) in [6, 6.07) is 9.29. The largest absolute Gasteiger partial charge is 0.279 e. The molecule has 0 aliphatic carbocycles. The molecule has 0 saturated heterocycles. The lowest BCUT2D eigenvalue weighted by molar-refractivity contribution is 0.876. The predicted molar refractivity (Wildman–Crippen MR) is 87.9 cm³/mol. The van der Waals surface area contributed by atoms with Crippen LogP contribution < -0.4 is 0 Å². The Morgan fingerprint density at radius 3 is 2.48 bits per heavy atom. The van der Waals surface area contributed by atoms with E-state index in [1.165, 1.54) is 0 Å².